The predicted octanol–water partition coefficient (Wildman–Crippen LogP) is 3.76. The summed E-state index contributed by atoms with van der Waals surface area (Å²) >= 11 is 0. The van der Waals surface area contributed by atoms with Crippen LogP contribution in [0.25, 0.3) is 0 Å². The lowest BCUT2D eigenvalue weighted by molar-refractivity contribution is -0.274. The third kappa shape index (κ3) is 5.05. The molecule has 1 saturated heterocycles. The number of para-hydroxylation sites is 2. The maximum atomic E-state index is 13.9. The van der Waals surface area contributed by atoms with Crippen LogP contribution in [0.5, 0.6) is 5.75 Å². The zero-order valence-electron chi connectivity index (χ0n) is 14.9. The highest BCUT2D eigenvalue weighted by molar-refractivity contribution is 5.74. The summed E-state index contributed by atoms with van der Waals surface area (Å²) in [5.74, 6) is -0.665. The van der Waals surface area contributed by atoms with Crippen molar-refractivity contribution in [1.29, 1.82) is 0 Å². The van der Waals surface area contributed by atoms with E-state index >= 15 is 0 Å². The van der Waals surface area contributed by atoms with Crippen molar-refractivity contribution < 1.29 is 27.1 Å². The summed E-state index contributed by atoms with van der Waals surface area (Å²) in [7, 11) is 0. The number of hydrogen-bond donors (Lipinski definition) is 1. The first kappa shape index (κ1) is 19.8. The second-order valence-electron chi connectivity index (χ2n) is 6.24. The molecule has 1 fully saturated rings. The minimum absolute atomic E-state index is 0.0986. The first-order chi connectivity index (χ1) is 13.3. The number of nitrogens with one attached hydrogen (secondary N) is 1. The Morgan fingerprint density at radius 3 is 2.32 bits per heavy atom. The summed E-state index contributed by atoms with van der Waals surface area (Å²) < 4.78 is 55.2. The topological polar surface area (TPSA) is 44.8 Å². The molecule has 150 valence electrons. The Hall–Kier alpha value is -2.97. The number of hydrogen-bond acceptors (Lipinski definition) is 3. The Morgan fingerprint density at radius 1 is 1.00 bits per heavy atom. The lowest BCUT2D eigenvalue weighted by Gasteiger charge is -2.36. The number of carbonyl (C=O) groups is 1. The molecule has 5 nitrogen and oxygen atoms in total. The molecule has 9 heteroatoms. The highest BCUT2D eigenvalue weighted by atomic mass is 19.4. The Kier molecular flexibility index (Phi) is 5.91. The number of ether oxygens (including phenoxy) is 1. The Labute approximate surface area is 159 Å². The van der Waals surface area contributed by atoms with Crippen molar-refractivity contribution in [2.24, 2.45) is 0 Å². The van der Waals surface area contributed by atoms with Crippen molar-refractivity contribution in [1.82, 2.24) is 10.2 Å². The summed E-state index contributed by atoms with van der Waals surface area (Å²) in [5.41, 5.74) is 0.707. The number of anilines is 1. The van der Waals surface area contributed by atoms with E-state index in [4.69, 9.17) is 0 Å². The molecule has 2 aromatic rings. The van der Waals surface area contributed by atoms with Crippen LogP contribution in [0.2, 0.25) is 0 Å². The minimum Gasteiger partial charge on any atom is -0.405 e. The number of alkyl halides is 3. The van der Waals surface area contributed by atoms with Gasteiger partial charge in [-0.15, -0.1) is 13.2 Å². The molecule has 28 heavy (non-hydrogen) atoms. The number of piperazine rings is 1. The molecule has 0 radical (unpaired) electrons. The van der Waals surface area contributed by atoms with Crippen molar-refractivity contribution >= 4 is 11.7 Å². The maximum absolute atomic E-state index is 13.9. The standard InChI is InChI=1S/C19H19F4N3O2/c20-15-6-2-3-7-16(15)25-9-11-26(12-10-25)18(27)24-13-14-5-1-4-8-17(14)28-19(21,22)23/h1-8H,9-13H2,(H,24,27). The fraction of sp³-hybridized carbons (Fsp3) is 0.316. The largest absolute Gasteiger partial charge is 0.573 e. The monoisotopic (exact) mass is 397 g/mol. The molecule has 1 N–H and O–H groups in total. The molecule has 3 rings (SSSR count). The van der Waals surface area contributed by atoms with Crippen LogP contribution in [0.1, 0.15) is 5.56 Å². The van der Waals surface area contributed by atoms with E-state index in [0.29, 0.717) is 31.9 Å². The minimum atomic E-state index is -4.80. The molecule has 0 spiro atoms. The van der Waals surface area contributed by atoms with E-state index < -0.39 is 12.4 Å². The van der Waals surface area contributed by atoms with Gasteiger partial charge in [0, 0.05) is 38.3 Å². The molecule has 1 heterocycles. The Morgan fingerprint density at radius 2 is 1.64 bits per heavy atom. The van der Waals surface area contributed by atoms with Gasteiger partial charge in [-0.05, 0) is 18.2 Å². The second-order valence-corrected chi connectivity index (χ2v) is 6.24. The molecule has 0 unspecified atom stereocenters. The second kappa shape index (κ2) is 8.37. The summed E-state index contributed by atoms with van der Waals surface area (Å²) in [6.45, 7) is 1.57. The number of urea groups is 1. The highest BCUT2D eigenvalue weighted by Crippen LogP contribution is 2.26. The molecular weight excluding hydrogens is 378 g/mol. The Balaban J connectivity index is 1.54. The third-order valence-electron chi connectivity index (χ3n) is 4.39. The fourth-order valence-corrected chi connectivity index (χ4v) is 3.02. The van der Waals surface area contributed by atoms with Gasteiger partial charge in [-0.3, -0.25) is 0 Å². The fourth-order valence-electron chi connectivity index (χ4n) is 3.02. The van der Waals surface area contributed by atoms with Crippen molar-refractivity contribution in [3.8, 4) is 5.75 Å². The summed E-state index contributed by atoms with van der Waals surface area (Å²) in [6.07, 6.45) is -4.80. The van der Waals surface area contributed by atoms with Crippen molar-refractivity contribution in [3.63, 3.8) is 0 Å². The van der Waals surface area contributed by atoms with Crippen LogP contribution in [-0.4, -0.2) is 43.5 Å². The summed E-state index contributed by atoms with van der Waals surface area (Å²) in [6, 6.07) is 11.7. The van der Waals surface area contributed by atoms with E-state index in [9.17, 15) is 22.4 Å². The van der Waals surface area contributed by atoms with Gasteiger partial charge < -0.3 is 19.9 Å². The van der Waals surface area contributed by atoms with E-state index in [0.717, 1.165) is 0 Å². The van der Waals surface area contributed by atoms with Gasteiger partial charge in [0.05, 0.1) is 5.69 Å². The summed E-state index contributed by atoms with van der Waals surface area (Å²) in [5, 5.41) is 2.61. The molecule has 0 atom stereocenters. The number of carbonyl (C=O) groups excluding carboxylic acids is 1. The molecule has 2 amide bonds. The van der Waals surface area contributed by atoms with Gasteiger partial charge in [-0.1, -0.05) is 30.3 Å². The van der Waals surface area contributed by atoms with Gasteiger partial charge in [-0.25, -0.2) is 9.18 Å². The molecule has 0 aromatic heterocycles. The van der Waals surface area contributed by atoms with E-state index in [-0.39, 0.29) is 23.7 Å². The molecule has 1 aliphatic heterocycles. The van der Waals surface area contributed by atoms with Crippen molar-refractivity contribution in [2.45, 2.75) is 12.9 Å². The van der Waals surface area contributed by atoms with Gasteiger partial charge in [0.2, 0.25) is 0 Å². The zero-order valence-corrected chi connectivity index (χ0v) is 14.9. The Bertz CT molecular complexity index is 821. The quantitative estimate of drug-likeness (QED) is 0.800. The molecule has 0 aliphatic carbocycles. The van der Waals surface area contributed by atoms with Gasteiger partial charge >= 0.3 is 12.4 Å². The zero-order chi connectivity index (χ0) is 20.1. The number of amides is 2. The highest BCUT2D eigenvalue weighted by Gasteiger charge is 2.32. The smallest absolute Gasteiger partial charge is 0.405 e. The molecule has 1 aliphatic rings. The molecule has 2 aromatic carbocycles. The van der Waals surface area contributed by atoms with Crippen LogP contribution in [0.15, 0.2) is 48.5 Å². The van der Waals surface area contributed by atoms with Gasteiger partial charge in [0.25, 0.3) is 0 Å². The number of nitrogens with zero attached hydrogens (tertiary/aromatic N) is 2. The van der Waals surface area contributed by atoms with E-state index in [2.05, 4.69) is 10.1 Å². The first-order valence-electron chi connectivity index (χ1n) is 8.69. The van der Waals surface area contributed by atoms with Crippen molar-refractivity contribution in [2.75, 3.05) is 31.1 Å². The van der Waals surface area contributed by atoms with E-state index in [1.54, 1.807) is 29.2 Å². The number of rotatable bonds is 4. The normalized spacial score (nSPS) is 14.7. The van der Waals surface area contributed by atoms with Crippen LogP contribution in [0, 0.1) is 5.82 Å². The van der Waals surface area contributed by atoms with E-state index in [1.807, 2.05) is 4.90 Å². The van der Waals surface area contributed by atoms with Crippen LogP contribution >= 0.6 is 0 Å². The van der Waals surface area contributed by atoms with Crippen LogP contribution in [0.3, 0.4) is 0 Å². The average molecular weight is 397 g/mol. The van der Waals surface area contributed by atoms with Crippen LogP contribution in [0.4, 0.5) is 28.0 Å². The van der Waals surface area contributed by atoms with Crippen LogP contribution in [-0.2, 0) is 6.54 Å². The average Bonchev–Trinajstić information content (AvgIpc) is 2.66. The molecular formula is C19H19F4N3O2. The van der Waals surface area contributed by atoms with Crippen LogP contribution < -0.4 is 15.0 Å². The predicted molar refractivity (Wildman–Crippen MR) is 95.5 cm³/mol. The van der Waals surface area contributed by atoms with E-state index in [1.165, 1.54) is 24.3 Å². The summed E-state index contributed by atoms with van der Waals surface area (Å²) in [4.78, 5) is 15.7. The maximum Gasteiger partial charge on any atom is 0.573 e. The lowest BCUT2D eigenvalue weighted by Crippen LogP contribution is -2.51. The third-order valence-corrected chi connectivity index (χ3v) is 4.39. The van der Waals surface area contributed by atoms with Gasteiger partial charge in [-0.2, -0.15) is 0 Å². The SMILES string of the molecule is O=C(NCc1ccccc1OC(F)(F)F)N1CCN(c2ccccc2F)CC1. The number of halogens is 4. The first-order valence-corrected chi connectivity index (χ1v) is 8.69. The molecule has 0 saturated carbocycles. The van der Waals surface area contributed by atoms with Gasteiger partial charge in [0.1, 0.15) is 11.6 Å². The lowest BCUT2D eigenvalue weighted by atomic mass is 10.2. The number of benzene rings is 2. The van der Waals surface area contributed by atoms with Gasteiger partial charge in [0.15, 0.2) is 0 Å². The molecule has 0 bridgehead atoms. The van der Waals surface area contributed by atoms with Crippen molar-refractivity contribution in [3.05, 3.63) is 59.9 Å².